The van der Waals surface area contributed by atoms with E-state index in [9.17, 15) is 14.7 Å². The van der Waals surface area contributed by atoms with Gasteiger partial charge in [-0.25, -0.2) is 0 Å². The fraction of sp³-hybridized carbons (Fsp3) is 0.867. The molecule has 2 fully saturated rings. The molecule has 1 saturated heterocycles. The minimum Gasteiger partial charge on any atom is -0.481 e. The Balaban J connectivity index is 2.00. The maximum atomic E-state index is 12.1. The van der Waals surface area contributed by atoms with Crippen molar-refractivity contribution in [3.63, 3.8) is 0 Å². The molecule has 1 heterocycles. The fourth-order valence-corrected chi connectivity index (χ4v) is 2.87. The maximum Gasteiger partial charge on any atom is 0.307 e. The molecule has 0 aromatic rings. The van der Waals surface area contributed by atoms with E-state index < -0.39 is 11.4 Å². The van der Waals surface area contributed by atoms with Crippen LogP contribution >= 0.6 is 0 Å². The van der Waals surface area contributed by atoms with E-state index in [4.69, 9.17) is 0 Å². The summed E-state index contributed by atoms with van der Waals surface area (Å²) < 4.78 is 0. The van der Waals surface area contributed by atoms with Crippen molar-refractivity contribution in [1.29, 1.82) is 0 Å². The maximum absolute atomic E-state index is 12.1. The first-order valence-corrected chi connectivity index (χ1v) is 7.55. The number of carboxylic acids is 1. The molecule has 2 rings (SSSR count). The lowest BCUT2D eigenvalue weighted by Crippen LogP contribution is -2.57. The summed E-state index contributed by atoms with van der Waals surface area (Å²) in [6.07, 6.45) is 4.09. The Morgan fingerprint density at radius 3 is 2.30 bits per heavy atom. The molecule has 2 unspecified atom stereocenters. The number of piperidine rings is 1. The van der Waals surface area contributed by atoms with Gasteiger partial charge in [0.05, 0.1) is 5.92 Å². The second kappa shape index (κ2) is 5.72. The molecule has 1 aliphatic carbocycles. The fourth-order valence-electron chi connectivity index (χ4n) is 2.87. The molecule has 0 aromatic carbocycles. The molecule has 0 aromatic heterocycles. The van der Waals surface area contributed by atoms with E-state index in [0.29, 0.717) is 19.0 Å². The van der Waals surface area contributed by atoms with Crippen LogP contribution in [-0.2, 0) is 9.59 Å². The molecule has 2 aliphatic rings. The predicted molar refractivity (Wildman–Crippen MR) is 76.3 cm³/mol. The van der Waals surface area contributed by atoms with Crippen LogP contribution in [0.3, 0.4) is 0 Å². The lowest BCUT2D eigenvalue weighted by Gasteiger charge is -2.44. The van der Waals surface area contributed by atoms with Gasteiger partial charge < -0.3 is 10.4 Å². The van der Waals surface area contributed by atoms with Crippen molar-refractivity contribution in [3.8, 4) is 0 Å². The summed E-state index contributed by atoms with van der Waals surface area (Å²) in [5, 5.41) is 12.3. The first-order valence-electron chi connectivity index (χ1n) is 7.55. The van der Waals surface area contributed by atoms with Crippen molar-refractivity contribution in [2.45, 2.75) is 58.5 Å². The Morgan fingerprint density at radius 1 is 1.20 bits per heavy atom. The predicted octanol–water partition coefficient (Wildman–Crippen LogP) is 1.48. The number of rotatable bonds is 3. The lowest BCUT2D eigenvalue weighted by molar-refractivity contribution is -0.145. The van der Waals surface area contributed by atoms with E-state index in [-0.39, 0.29) is 17.9 Å². The number of likely N-dealkylation sites (tertiary alicyclic amines) is 1. The Labute approximate surface area is 120 Å². The normalized spacial score (nSPS) is 28.8. The van der Waals surface area contributed by atoms with Crippen LogP contribution in [0.2, 0.25) is 0 Å². The van der Waals surface area contributed by atoms with Crippen LogP contribution in [0.5, 0.6) is 0 Å². The van der Waals surface area contributed by atoms with Crippen LogP contribution in [0, 0.1) is 11.3 Å². The summed E-state index contributed by atoms with van der Waals surface area (Å²) in [4.78, 5) is 25.7. The molecule has 2 N–H and O–H groups in total. The largest absolute Gasteiger partial charge is 0.481 e. The minimum atomic E-state index is -0.746. The molecule has 5 nitrogen and oxygen atoms in total. The third-order valence-corrected chi connectivity index (χ3v) is 4.44. The number of carbonyl (C=O) groups excluding carboxylic acids is 1. The van der Waals surface area contributed by atoms with E-state index in [1.54, 1.807) is 0 Å². The summed E-state index contributed by atoms with van der Waals surface area (Å²) in [6, 6.07) is 0.475. The summed E-state index contributed by atoms with van der Waals surface area (Å²) in [5.74, 6) is -1.11. The number of carbonyl (C=O) groups is 2. The monoisotopic (exact) mass is 282 g/mol. The van der Waals surface area contributed by atoms with E-state index >= 15 is 0 Å². The van der Waals surface area contributed by atoms with Crippen LogP contribution in [0.4, 0.5) is 0 Å². The zero-order valence-electron chi connectivity index (χ0n) is 12.7. The quantitative estimate of drug-likeness (QED) is 0.822. The van der Waals surface area contributed by atoms with Gasteiger partial charge in [-0.3, -0.25) is 14.5 Å². The van der Waals surface area contributed by atoms with Crippen molar-refractivity contribution >= 4 is 11.9 Å². The van der Waals surface area contributed by atoms with Gasteiger partial charge in [-0.1, -0.05) is 27.2 Å². The van der Waals surface area contributed by atoms with Gasteiger partial charge in [-0.15, -0.1) is 0 Å². The van der Waals surface area contributed by atoms with E-state index in [0.717, 1.165) is 19.4 Å². The average Bonchev–Trinajstić information content (AvgIpc) is 2.24. The summed E-state index contributed by atoms with van der Waals surface area (Å²) in [5.41, 5.74) is -0.433. The molecule has 1 amide bonds. The smallest absolute Gasteiger partial charge is 0.307 e. The molecular formula is C15H26N2O3. The van der Waals surface area contributed by atoms with Crippen molar-refractivity contribution in [2.75, 3.05) is 13.1 Å². The molecule has 2 atom stereocenters. The van der Waals surface area contributed by atoms with Gasteiger partial charge in [0.25, 0.3) is 0 Å². The van der Waals surface area contributed by atoms with E-state index in [2.05, 4.69) is 10.2 Å². The van der Waals surface area contributed by atoms with Gasteiger partial charge in [0.15, 0.2) is 0 Å². The second-order valence-corrected chi connectivity index (χ2v) is 7.23. The highest BCUT2D eigenvalue weighted by Gasteiger charge is 2.37. The van der Waals surface area contributed by atoms with Crippen molar-refractivity contribution in [2.24, 2.45) is 11.3 Å². The van der Waals surface area contributed by atoms with Crippen LogP contribution in [-0.4, -0.2) is 47.1 Å². The molecule has 1 saturated carbocycles. The molecule has 5 heteroatoms. The Bertz CT molecular complexity index is 385. The zero-order valence-corrected chi connectivity index (χ0v) is 12.7. The summed E-state index contributed by atoms with van der Waals surface area (Å²) >= 11 is 0. The third-order valence-electron chi connectivity index (χ3n) is 4.44. The molecule has 0 bridgehead atoms. The minimum absolute atomic E-state index is 0.00194. The van der Waals surface area contributed by atoms with Gasteiger partial charge in [0, 0.05) is 30.6 Å². The van der Waals surface area contributed by atoms with Crippen LogP contribution in [0.25, 0.3) is 0 Å². The summed E-state index contributed by atoms with van der Waals surface area (Å²) in [6.45, 7) is 7.05. The Hall–Kier alpha value is -1.10. The highest BCUT2D eigenvalue weighted by Crippen LogP contribution is 2.29. The standard InChI is InChI=1S/C15H26N2O3/c1-15(2,3)14(20)16-11-7-10(13(18)19)8-17(9-11)12-5-4-6-12/h10-12H,4-9H2,1-3H3,(H,16,20)(H,18,19). The molecule has 114 valence electrons. The topological polar surface area (TPSA) is 69.6 Å². The van der Waals surface area contributed by atoms with Gasteiger partial charge in [-0.2, -0.15) is 0 Å². The first kappa shape index (κ1) is 15.3. The highest BCUT2D eigenvalue weighted by atomic mass is 16.4. The lowest BCUT2D eigenvalue weighted by atomic mass is 9.86. The Kier molecular flexibility index (Phi) is 4.37. The van der Waals surface area contributed by atoms with Crippen LogP contribution in [0.1, 0.15) is 46.5 Å². The number of hydrogen-bond acceptors (Lipinski definition) is 3. The van der Waals surface area contributed by atoms with Crippen molar-refractivity contribution in [1.82, 2.24) is 10.2 Å². The molecular weight excluding hydrogens is 256 g/mol. The molecule has 1 aliphatic heterocycles. The van der Waals surface area contributed by atoms with Crippen molar-refractivity contribution in [3.05, 3.63) is 0 Å². The average molecular weight is 282 g/mol. The molecule has 0 radical (unpaired) electrons. The van der Waals surface area contributed by atoms with Crippen LogP contribution in [0.15, 0.2) is 0 Å². The summed E-state index contributed by atoms with van der Waals surface area (Å²) in [7, 11) is 0. The number of nitrogens with zero attached hydrogens (tertiary/aromatic N) is 1. The number of aliphatic carboxylic acids is 1. The van der Waals surface area contributed by atoms with Gasteiger partial charge in [0.1, 0.15) is 0 Å². The highest BCUT2D eigenvalue weighted by molar-refractivity contribution is 5.81. The molecule has 0 spiro atoms. The van der Waals surface area contributed by atoms with Crippen LogP contribution < -0.4 is 5.32 Å². The molecule has 20 heavy (non-hydrogen) atoms. The van der Waals surface area contributed by atoms with E-state index in [1.165, 1.54) is 6.42 Å². The Morgan fingerprint density at radius 2 is 1.85 bits per heavy atom. The van der Waals surface area contributed by atoms with Gasteiger partial charge >= 0.3 is 5.97 Å². The van der Waals surface area contributed by atoms with Gasteiger partial charge in [-0.05, 0) is 19.3 Å². The zero-order chi connectivity index (χ0) is 14.9. The number of hydrogen-bond donors (Lipinski definition) is 2. The number of carboxylic acid groups (broad SMARTS) is 1. The third kappa shape index (κ3) is 3.51. The second-order valence-electron chi connectivity index (χ2n) is 7.23. The van der Waals surface area contributed by atoms with E-state index in [1.807, 2.05) is 20.8 Å². The van der Waals surface area contributed by atoms with Gasteiger partial charge in [0.2, 0.25) is 5.91 Å². The number of amides is 1. The SMILES string of the molecule is CC(C)(C)C(=O)NC1CC(C(=O)O)CN(C2CCC2)C1. The number of nitrogens with one attached hydrogen (secondary N) is 1. The first-order chi connectivity index (χ1) is 9.27. The van der Waals surface area contributed by atoms with Crippen molar-refractivity contribution < 1.29 is 14.7 Å².